The maximum Gasteiger partial charge on any atom is 0.336 e. The van der Waals surface area contributed by atoms with Gasteiger partial charge in [0.05, 0.1) is 18.3 Å². The number of ether oxygens (including phenoxy) is 1. The van der Waals surface area contributed by atoms with Crippen molar-refractivity contribution in [2.75, 3.05) is 12.4 Å². The molecule has 1 aromatic carbocycles. The van der Waals surface area contributed by atoms with Gasteiger partial charge in [-0.1, -0.05) is 17.3 Å². The smallest absolute Gasteiger partial charge is 0.336 e. The van der Waals surface area contributed by atoms with Gasteiger partial charge in [-0.25, -0.2) is 9.36 Å². The Hall–Kier alpha value is -3.66. The summed E-state index contributed by atoms with van der Waals surface area (Å²) in [6.07, 6.45) is 0. The highest BCUT2D eigenvalue weighted by Crippen LogP contribution is 2.22. The number of para-hydroxylation sites is 2. The maximum absolute atomic E-state index is 13.2. The van der Waals surface area contributed by atoms with E-state index in [-0.39, 0.29) is 12.4 Å². The van der Waals surface area contributed by atoms with Gasteiger partial charge in [0.2, 0.25) is 5.91 Å². The lowest BCUT2D eigenvalue weighted by molar-refractivity contribution is -0.116. The lowest BCUT2D eigenvalue weighted by Gasteiger charge is -2.14. The van der Waals surface area contributed by atoms with Crippen LogP contribution in [0.15, 0.2) is 55.9 Å². The highest BCUT2D eigenvalue weighted by atomic mass is 32.1. The van der Waals surface area contributed by atoms with Crippen molar-refractivity contribution in [2.24, 2.45) is 0 Å². The molecule has 3 heterocycles. The van der Waals surface area contributed by atoms with Gasteiger partial charge in [-0.05, 0) is 30.5 Å². The van der Waals surface area contributed by atoms with Gasteiger partial charge in [0, 0.05) is 6.07 Å². The number of carbonyl (C=O) groups excluding carboxylic acids is 1. The molecule has 29 heavy (non-hydrogen) atoms. The summed E-state index contributed by atoms with van der Waals surface area (Å²) >= 11 is 1.20. The Bertz CT molecular complexity index is 1330. The van der Waals surface area contributed by atoms with Gasteiger partial charge < -0.3 is 14.6 Å². The number of benzene rings is 1. The number of aromatic nitrogens is 3. The summed E-state index contributed by atoms with van der Waals surface area (Å²) in [7, 11) is 1.46. The molecular formula is C19H16N4O5S. The fourth-order valence-corrected chi connectivity index (χ4v) is 3.84. The van der Waals surface area contributed by atoms with Crippen molar-refractivity contribution in [2.45, 2.75) is 13.5 Å². The number of fused-ring (bicyclic) bond motifs is 1. The van der Waals surface area contributed by atoms with E-state index in [9.17, 15) is 14.4 Å². The van der Waals surface area contributed by atoms with Crippen LogP contribution in [0.25, 0.3) is 15.9 Å². The monoisotopic (exact) mass is 412 g/mol. The van der Waals surface area contributed by atoms with Crippen LogP contribution in [0.1, 0.15) is 5.76 Å². The SMILES string of the molecule is COc1ccccc1-n1c(=O)c2sccc2n(CC(=O)Nc2cc(C)on2)c1=O. The fraction of sp³-hybridized carbons (Fsp3) is 0.158. The number of nitrogens with one attached hydrogen (secondary N) is 1. The minimum absolute atomic E-state index is 0.250. The highest BCUT2D eigenvalue weighted by Gasteiger charge is 2.19. The Morgan fingerprint density at radius 2 is 2.07 bits per heavy atom. The molecule has 0 fully saturated rings. The summed E-state index contributed by atoms with van der Waals surface area (Å²) in [6.45, 7) is 1.40. The number of thiophene rings is 1. The van der Waals surface area contributed by atoms with Crippen molar-refractivity contribution in [1.82, 2.24) is 14.3 Å². The predicted octanol–water partition coefficient (Wildman–Crippen LogP) is 2.16. The van der Waals surface area contributed by atoms with Crippen LogP contribution in [0.2, 0.25) is 0 Å². The molecule has 0 atom stereocenters. The van der Waals surface area contributed by atoms with Gasteiger partial charge in [-0.2, -0.15) is 0 Å². The standard InChI is InChI=1S/C19H16N4O5S/c1-11-9-15(21-28-11)20-16(24)10-22-13-7-8-29-17(13)18(25)23(19(22)26)12-5-3-4-6-14(12)27-2/h3-9H,10H2,1-2H3,(H,20,21,24). The first-order valence-corrected chi connectivity index (χ1v) is 9.47. The number of hydrogen-bond acceptors (Lipinski definition) is 7. The first-order valence-electron chi connectivity index (χ1n) is 8.59. The molecule has 0 unspecified atom stereocenters. The summed E-state index contributed by atoms with van der Waals surface area (Å²) in [5.41, 5.74) is -0.408. The van der Waals surface area contributed by atoms with Crippen molar-refractivity contribution in [3.63, 3.8) is 0 Å². The van der Waals surface area contributed by atoms with Gasteiger partial charge in [0.25, 0.3) is 5.56 Å². The van der Waals surface area contributed by atoms with E-state index in [1.165, 1.54) is 23.0 Å². The molecule has 9 nitrogen and oxygen atoms in total. The fourth-order valence-electron chi connectivity index (χ4n) is 3.02. The number of aryl methyl sites for hydroxylation is 1. The van der Waals surface area contributed by atoms with Crippen LogP contribution >= 0.6 is 11.3 Å². The normalized spacial score (nSPS) is 11.0. The van der Waals surface area contributed by atoms with Crippen LogP contribution in [0.4, 0.5) is 5.82 Å². The summed E-state index contributed by atoms with van der Waals surface area (Å²) in [5, 5.41) is 7.99. The molecule has 3 aromatic heterocycles. The molecule has 148 valence electrons. The largest absolute Gasteiger partial charge is 0.495 e. The molecule has 0 aliphatic carbocycles. The average molecular weight is 412 g/mol. The molecule has 0 radical (unpaired) electrons. The first kappa shape index (κ1) is 18.7. The first-order chi connectivity index (χ1) is 14.0. The molecule has 1 amide bonds. The summed E-state index contributed by atoms with van der Waals surface area (Å²) in [5.74, 6) is 0.692. The summed E-state index contributed by atoms with van der Waals surface area (Å²) < 4.78 is 12.9. The molecule has 1 N–H and O–H groups in total. The third kappa shape index (κ3) is 3.34. The van der Waals surface area contributed by atoms with Gasteiger partial charge >= 0.3 is 5.69 Å². The van der Waals surface area contributed by atoms with Crippen molar-refractivity contribution in [3.8, 4) is 11.4 Å². The van der Waals surface area contributed by atoms with Crippen molar-refractivity contribution < 1.29 is 14.1 Å². The van der Waals surface area contributed by atoms with Crippen LogP contribution in [-0.2, 0) is 11.3 Å². The highest BCUT2D eigenvalue weighted by molar-refractivity contribution is 7.17. The second-order valence-corrected chi connectivity index (χ2v) is 7.10. The third-order valence-electron chi connectivity index (χ3n) is 4.28. The molecule has 4 aromatic rings. The van der Waals surface area contributed by atoms with Crippen LogP contribution in [-0.4, -0.2) is 27.3 Å². The van der Waals surface area contributed by atoms with E-state index in [2.05, 4.69) is 10.5 Å². The van der Waals surface area contributed by atoms with Crippen molar-refractivity contribution in [3.05, 3.63) is 68.4 Å². The Morgan fingerprint density at radius 3 is 2.79 bits per heavy atom. The van der Waals surface area contributed by atoms with E-state index in [1.54, 1.807) is 48.7 Å². The van der Waals surface area contributed by atoms with Gasteiger partial charge in [0.1, 0.15) is 22.8 Å². The minimum Gasteiger partial charge on any atom is -0.495 e. The van der Waals surface area contributed by atoms with E-state index < -0.39 is 17.2 Å². The topological polar surface area (TPSA) is 108 Å². The molecule has 0 aliphatic rings. The number of hydrogen-bond donors (Lipinski definition) is 1. The van der Waals surface area contributed by atoms with Crippen LogP contribution < -0.4 is 21.3 Å². The third-order valence-corrected chi connectivity index (χ3v) is 5.17. The number of amides is 1. The van der Waals surface area contributed by atoms with Crippen molar-refractivity contribution in [1.29, 1.82) is 0 Å². The van der Waals surface area contributed by atoms with Gasteiger partial charge in [0.15, 0.2) is 5.82 Å². The van der Waals surface area contributed by atoms with E-state index in [4.69, 9.17) is 9.26 Å². The molecule has 10 heteroatoms. The Morgan fingerprint density at radius 1 is 1.28 bits per heavy atom. The van der Waals surface area contributed by atoms with Gasteiger partial charge in [-0.3, -0.25) is 14.2 Å². The van der Waals surface area contributed by atoms with Crippen molar-refractivity contribution >= 4 is 33.3 Å². The van der Waals surface area contributed by atoms with Gasteiger partial charge in [-0.15, -0.1) is 11.3 Å². The minimum atomic E-state index is -0.642. The molecular weight excluding hydrogens is 396 g/mol. The number of nitrogens with zero attached hydrogens (tertiary/aromatic N) is 3. The Labute approximate surface area is 167 Å². The van der Waals surface area contributed by atoms with Crippen LogP contribution in [0.5, 0.6) is 5.75 Å². The van der Waals surface area contributed by atoms with E-state index in [1.807, 2.05) is 0 Å². The van der Waals surface area contributed by atoms with E-state index in [0.717, 1.165) is 4.57 Å². The molecule has 0 bridgehead atoms. The maximum atomic E-state index is 13.2. The van der Waals surface area contributed by atoms with Crippen LogP contribution in [0.3, 0.4) is 0 Å². The molecule has 0 saturated carbocycles. The summed E-state index contributed by atoms with van der Waals surface area (Å²) in [4.78, 5) is 38.7. The average Bonchev–Trinajstić information content (AvgIpc) is 3.35. The molecule has 0 saturated heterocycles. The Kier molecular flexibility index (Phi) is 4.77. The van der Waals surface area contributed by atoms with Crippen LogP contribution in [0, 0.1) is 6.92 Å². The second kappa shape index (κ2) is 7.40. The molecule has 4 rings (SSSR count). The quantitative estimate of drug-likeness (QED) is 0.538. The zero-order chi connectivity index (χ0) is 20.5. The molecule has 0 spiro atoms. The lowest BCUT2D eigenvalue weighted by atomic mass is 10.3. The predicted molar refractivity (Wildman–Crippen MR) is 108 cm³/mol. The van der Waals surface area contributed by atoms with E-state index in [0.29, 0.717) is 27.4 Å². The van der Waals surface area contributed by atoms with E-state index >= 15 is 0 Å². The lowest BCUT2D eigenvalue weighted by Crippen LogP contribution is -2.40. The Balaban J connectivity index is 1.84. The number of methoxy groups -OCH3 is 1. The number of anilines is 1. The number of rotatable bonds is 5. The zero-order valence-electron chi connectivity index (χ0n) is 15.5. The number of carbonyl (C=O) groups is 1. The summed E-state index contributed by atoms with van der Waals surface area (Å²) in [6, 6.07) is 9.92. The second-order valence-electron chi connectivity index (χ2n) is 6.19. The zero-order valence-corrected chi connectivity index (χ0v) is 16.4. The molecule has 0 aliphatic heterocycles.